The van der Waals surface area contributed by atoms with E-state index in [2.05, 4.69) is 0 Å². The molecule has 0 saturated heterocycles. The van der Waals surface area contributed by atoms with Gasteiger partial charge in [0.25, 0.3) is 0 Å². The Morgan fingerprint density at radius 2 is 2.00 bits per heavy atom. The molecule has 1 heterocycles. The minimum absolute atomic E-state index is 0.0795. The van der Waals surface area contributed by atoms with Crippen LogP contribution in [-0.2, 0) is 6.42 Å². The quantitative estimate of drug-likeness (QED) is 0.862. The Hall–Kier alpha value is -1.39. The maximum absolute atomic E-state index is 13.7. The lowest BCUT2D eigenvalue weighted by atomic mass is 10.0. The van der Waals surface area contributed by atoms with E-state index < -0.39 is 17.7 Å². The zero-order valence-corrected chi connectivity index (χ0v) is 10.5. The van der Waals surface area contributed by atoms with Crippen LogP contribution in [0.2, 0.25) is 5.02 Å². The Morgan fingerprint density at radius 3 is 2.61 bits per heavy atom. The maximum Gasteiger partial charge on any atom is 0.165 e. The molecule has 2 N–H and O–H groups in total. The molecule has 0 bridgehead atoms. The summed E-state index contributed by atoms with van der Waals surface area (Å²) in [5.41, 5.74) is 5.78. The van der Waals surface area contributed by atoms with E-state index in [1.807, 2.05) is 6.92 Å². The third-order valence-corrected chi connectivity index (χ3v) is 3.06. The molecule has 1 aromatic carbocycles. The van der Waals surface area contributed by atoms with Crippen LogP contribution in [0.15, 0.2) is 28.7 Å². The molecule has 1 atom stereocenters. The normalized spacial score (nSPS) is 12.7. The molecule has 0 amide bonds. The summed E-state index contributed by atoms with van der Waals surface area (Å²) >= 11 is 5.86. The standard InChI is InChI=1S/C13H12ClF2NO/c1-2-7-3-6-10(18-7)13(17)11-8(14)4-5-9(15)12(11)16/h3-6,13H,2,17H2,1H3. The SMILES string of the molecule is CCc1ccc(C(N)c2c(Cl)ccc(F)c2F)o1. The van der Waals surface area contributed by atoms with Gasteiger partial charge in [-0.3, -0.25) is 0 Å². The zero-order valence-electron chi connectivity index (χ0n) is 9.71. The predicted octanol–water partition coefficient (Wildman–Crippen LogP) is 3.82. The van der Waals surface area contributed by atoms with Gasteiger partial charge in [0.2, 0.25) is 0 Å². The molecule has 1 aromatic heterocycles. The fraction of sp³-hybridized carbons (Fsp3) is 0.231. The second kappa shape index (κ2) is 5.08. The topological polar surface area (TPSA) is 39.2 Å². The van der Waals surface area contributed by atoms with Crippen LogP contribution in [-0.4, -0.2) is 0 Å². The van der Waals surface area contributed by atoms with Gasteiger partial charge in [0, 0.05) is 17.0 Å². The van der Waals surface area contributed by atoms with Crippen molar-refractivity contribution < 1.29 is 13.2 Å². The molecule has 0 aliphatic carbocycles. The Kier molecular flexibility index (Phi) is 3.68. The zero-order chi connectivity index (χ0) is 13.3. The van der Waals surface area contributed by atoms with Crippen molar-refractivity contribution in [1.29, 1.82) is 0 Å². The van der Waals surface area contributed by atoms with Gasteiger partial charge in [0.1, 0.15) is 11.5 Å². The van der Waals surface area contributed by atoms with E-state index in [-0.39, 0.29) is 10.6 Å². The van der Waals surface area contributed by atoms with E-state index in [1.165, 1.54) is 6.07 Å². The van der Waals surface area contributed by atoms with Gasteiger partial charge < -0.3 is 10.2 Å². The van der Waals surface area contributed by atoms with Gasteiger partial charge >= 0.3 is 0 Å². The largest absolute Gasteiger partial charge is 0.464 e. The summed E-state index contributed by atoms with van der Waals surface area (Å²) < 4.78 is 32.3. The number of hydrogen-bond acceptors (Lipinski definition) is 2. The van der Waals surface area contributed by atoms with Crippen LogP contribution in [0.25, 0.3) is 0 Å². The minimum atomic E-state index is -1.04. The molecule has 0 aliphatic heterocycles. The van der Waals surface area contributed by atoms with Crippen LogP contribution in [0, 0.1) is 11.6 Å². The van der Waals surface area contributed by atoms with Crippen molar-refractivity contribution >= 4 is 11.6 Å². The summed E-state index contributed by atoms with van der Waals surface area (Å²) in [5.74, 6) is -0.928. The van der Waals surface area contributed by atoms with Crippen molar-refractivity contribution in [3.05, 3.63) is 58.0 Å². The first kappa shape index (κ1) is 13.1. The highest BCUT2D eigenvalue weighted by Gasteiger charge is 2.22. The summed E-state index contributed by atoms with van der Waals surface area (Å²) in [5, 5.41) is 0.0795. The molecule has 0 saturated carbocycles. The first-order valence-corrected chi connectivity index (χ1v) is 5.90. The number of benzene rings is 1. The predicted molar refractivity (Wildman–Crippen MR) is 65.5 cm³/mol. The van der Waals surface area contributed by atoms with Gasteiger partial charge in [-0.1, -0.05) is 18.5 Å². The molecule has 5 heteroatoms. The summed E-state index contributed by atoms with van der Waals surface area (Å²) in [6.45, 7) is 1.92. The van der Waals surface area contributed by atoms with Crippen LogP contribution in [0.3, 0.4) is 0 Å². The van der Waals surface area contributed by atoms with Crippen molar-refractivity contribution in [3.8, 4) is 0 Å². The average molecular weight is 272 g/mol. The average Bonchev–Trinajstić information content (AvgIpc) is 2.83. The molecule has 1 unspecified atom stereocenters. The third-order valence-electron chi connectivity index (χ3n) is 2.73. The number of nitrogens with two attached hydrogens (primary N) is 1. The molecule has 96 valence electrons. The highest BCUT2D eigenvalue weighted by Crippen LogP contribution is 2.31. The van der Waals surface area contributed by atoms with Crippen LogP contribution < -0.4 is 5.73 Å². The van der Waals surface area contributed by atoms with Crippen molar-refractivity contribution in [2.45, 2.75) is 19.4 Å². The number of halogens is 3. The second-order valence-electron chi connectivity index (χ2n) is 3.89. The van der Waals surface area contributed by atoms with E-state index in [0.29, 0.717) is 12.2 Å². The molecule has 18 heavy (non-hydrogen) atoms. The van der Waals surface area contributed by atoms with E-state index in [0.717, 1.165) is 11.8 Å². The first-order valence-electron chi connectivity index (χ1n) is 5.52. The lowest BCUT2D eigenvalue weighted by molar-refractivity contribution is 0.440. The van der Waals surface area contributed by atoms with Crippen molar-refractivity contribution in [1.82, 2.24) is 0 Å². The molecule has 2 nitrogen and oxygen atoms in total. The lowest BCUT2D eigenvalue weighted by Crippen LogP contribution is -2.14. The maximum atomic E-state index is 13.7. The first-order chi connectivity index (χ1) is 8.54. The molecule has 0 radical (unpaired) electrons. The van der Waals surface area contributed by atoms with Crippen LogP contribution in [0.5, 0.6) is 0 Å². The van der Waals surface area contributed by atoms with Crippen LogP contribution >= 0.6 is 11.6 Å². The van der Waals surface area contributed by atoms with Crippen molar-refractivity contribution in [3.63, 3.8) is 0 Å². The molecular formula is C13H12ClF2NO. The lowest BCUT2D eigenvalue weighted by Gasteiger charge is -2.12. The van der Waals surface area contributed by atoms with E-state index in [4.69, 9.17) is 21.8 Å². The third kappa shape index (κ3) is 2.26. The van der Waals surface area contributed by atoms with Gasteiger partial charge in [0.15, 0.2) is 11.6 Å². The summed E-state index contributed by atoms with van der Waals surface area (Å²) in [6, 6.07) is 4.71. The van der Waals surface area contributed by atoms with Crippen LogP contribution in [0.4, 0.5) is 8.78 Å². The number of rotatable bonds is 3. The van der Waals surface area contributed by atoms with E-state index in [9.17, 15) is 8.78 Å². The Balaban J connectivity index is 2.45. The fourth-order valence-electron chi connectivity index (χ4n) is 1.72. The molecule has 2 aromatic rings. The van der Waals surface area contributed by atoms with Crippen LogP contribution in [0.1, 0.15) is 30.0 Å². The molecule has 0 fully saturated rings. The highest BCUT2D eigenvalue weighted by molar-refractivity contribution is 6.31. The molecular weight excluding hydrogens is 260 g/mol. The minimum Gasteiger partial charge on any atom is -0.464 e. The monoisotopic (exact) mass is 271 g/mol. The highest BCUT2D eigenvalue weighted by atomic mass is 35.5. The fourth-order valence-corrected chi connectivity index (χ4v) is 1.99. The van der Waals surface area contributed by atoms with Gasteiger partial charge in [-0.15, -0.1) is 0 Å². The number of furan rings is 1. The smallest absolute Gasteiger partial charge is 0.165 e. The van der Waals surface area contributed by atoms with E-state index >= 15 is 0 Å². The Labute approximate surface area is 108 Å². The summed E-state index contributed by atoms with van der Waals surface area (Å²) in [6.07, 6.45) is 0.700. The molecule has 2 rings (SSSR count). The molecule has 0 spiro atoms. The van der Waals surface area contributed by atoms with Crippen molar-refractivity contribution in [2.75, 3.05) is 0 Å². The van der Waals surface area contributed by atoms with Gasteiger partial charge in [-0.25, -0.2) is 8.78 Å². The van der Waals surface area contributed by atoms with Gasteiger partial charge in [-0.05, 0) is 24.3 Å². The number of aryl methyl sites for hydroxylation is 1. The second-order valence-corrected chi connectivity index (χ2v) is 4.30. The Bertz CT molecular complexity index is 568. The summed E-state index contributed by atoms with van der Waals surface area (Å²) in [7, 11) is 0. The van der Waals surface area contributed by atoms with E-state index in [1.54, 1.807) is 12.1 Å². The van der Waals surface area contributed by atoms with Gasteiger partial charge in [0.05, 0.1) is 6.04 Å². The van der Waals surface area contributed by atoms with Gasteiger partial charge in [-0.2, -0.15) is 0 Å². The van der Waals surface area contributed by atoms with Crippen molar-refractivity contribution in [2.24, 2.45) is 5.73 Å². The number of hydrogen-bond donors (Lipinski definition) is 1. The summed E-state index contributed by atoms with van der Waals surface area (Å²) in [4.78, 5) is 0. The Morgan fingerprint density at radius 1 is 1.28 bits per heavy atom. The molecule has 0 aliphatic rings.